The van der Waals surface area contributed by atoms with Gasteiger partial charge in [-0.1, -0.05) is 64.4 Å². The van der Waals surface area contributed by atoms with Crippen molar-refractivity contribution in [3.05, 3.63) is 0 Å². The molecule has 11 atom stereocenters. The summed E-state index contributed by atoms with van der Waals surface area (Å²) in [5.74, 6) is 2.26. The molecule has 0 spiro atoms. The van der Waals surface area contributed by atoms with Gasteiger partial charge in [0.1, 0.15) is 0 Å². The number of sulfonamides is 1. The Morgan fingerprint density at radius 1 is 0.921 bits per heavy atom. The van der Waals surface area contributed by atoms with E-state index in [1.165, 1.54) is 12.7 Å². The molecule has 5 saturated carbocycles. The molecule has 5 aliphatic rings. The van der Waals surface area contributed by atoms with Crippen molar-refractivity contribution < 1.29 is 18.3 Å². The molecule has 4 unspecified atom stereocenters. The molecule has 5 fully saturated rings. The number of nitrogens with one attached hydrogen (secondary N) is 1. The molecular weight excluding hydrogens is 562 g/mol. The quantitative estimate of drug-likeness (QED) is 0.331. The first kappa shape index (κ1) is 29.4. The average molecular weight is 615 g/mol. The second kappa shape index (κ2) is 8.93. The molecule has 2 N–H and O–H groups in total. The van der Waals surface area contributed by atoms with E-state index in [1.54, 1.807) is 0 Å². The maximum atomic E-state index is 12.9. The summed E-state index contributed by atoms with van der Waals surface area (Å²) in [6.45, 7) is 16.9. The third-order valence-corrected chi connectivity index (χ3v) is 15.6. The lowest BCUT2D eigenvalue weighted by atomic mass is 9.32. The number of hydrogen-bond acceptors (Lipinski definition) is 3. The number of aliphatic carboxylic acids is 1. The van der Waals surface area contributed by atoms with Gasteiger partial charge >= 0.3 is 5.97 Å². The predicted molar refractivity (Wildman–Crippen MR) is 156 cm³/mol. The van der Waals surface area contributed by atoms with Gasteiger partial charge in [0.25, 0.3) is 0 Å². The number of halogens is 1. The molecule has 38 heavy (non-hydrogen) atoms. The zero-order chi connectivity index (χ0) is 28.3. The molecule has 0 amide bonds. The first-order chi connectivity index (χ1) is 17.4. The number of carboxylic acids is 1. The van der Waals surface area contributed by atoms with Gasteiger partial charge in [0.15, 0.2) is 0 Å². The van der Waals surface area contributed by atoms with Gasteiger partial charge < -0.3 is 5.11 Å². The molecule has 0 aromatic heterocycles. The first-order valence-corrected chi connectivity index (χ1v) is 18.0. The van der Waals surface area contributed by atoms with Crippen molar-refractivity contribution in [2.45, 2.75) is 117 Å². The number of hydrogen-bond donors (Lipinski definition) is 2. The van der Waals surface area contributed by atoms with Crippen molar-refractivity contribution in [3.8, 4) is 0 Å². The highest BCUT2D eigenvalue weighted by Crippen LogP contribution is 2.77. The Morgan fingerprint density at radius 2 is 1.58 bits per heavy atom. The highest BCUT2D eigenvalue weighted by molar-refractivity contribution is 9.09. The summed E-state index contributed by atoms with van der Waals surface area (Å²) >= 11 is 3.99. The van der Waals surface area contributed by atoms with Crippen LogP contribution in [-0.2, 0) is 14.8 Å². The van der Waals surface area contributed by atoms with Crippen LogP contribution in [0.15, 0.2) is 0 Å². The van der Waals surface area contributed by atoms with E-state index in [4.69, 9.17) is 0 Å². The van der Waals surface area contributed by atoms with Gasteiger partial charge in [0.2, 0.25) is 10.0 Å². The van der Waals surface area contributed by atoms with Crippen LogP contribution in [0.2, 0.25) is 0 Å². The lowest BCUT2D eigenvalue weighted by Gasteiger charge is -2.73. The van der Waals surface area contributed by atoms with Crippen LogP contribution in [0.5, 0.6) is 0 Å². The number of fused-ring (bicyclic) bond motifs is 7. The van der Waals surface area contributed by atoms with Crippen LogP contribution in [0.1, 0.15) is 106 Å². The average Bonchev–Trinajstić information content (AvgIpc) is 3.18. The second-order valence-corrected chi connectivity index (χ2v) is 19.0. The van der Waals surface area contributed by atoms with Crippen molar-refractivity contribution in [2.75, 3.05) is 6.26 Å². The van der Waals surface area contributed by atoms with Gasteiger partial charge in [0, 0.05) is 10.9 Å². The molecule has 5 nitrogen and oxygen atoms in total. The summed E-state index contributed by atoms with van der Waals surface area (Å²) < 4.78 is 27.6. The van der Waals surface area contributed by atoms with Gasteiger partial charge in [0.05, 0.1) is 11.7 Å². The van der Waals surface area contributed by atoms with E-state index in [9.17, 15) is 18.3 Å². The largest absolute Gasteiger partial charge is 0.481 e. The maximum Gasteiger partial charge on any atom is 0.309 e. The molecule has 218 valence electrons. The smallest absolute Gasteiger partial charge is 0.309 e. The highest BCUT2D eigenvalue weighted by Gasteiger charge is 2.72. The molecule has 0 aliphatic heterocycles. The third-order valence-electron chi connectivity index (χ3n) is 14.1. The molecule has 0 bridgehead atoms. The SMILES string of the molecule is CC(C)[C@@H]1CCC2(C(=O)O)CC[C@]3(C)[C@H](CCC4[C@@]5(C)CC(Br)[C@H](NS(C)(=O)=O)C(C)(C)[C@@H]5CC[C@]43C)C12. The molecule has 5 rings (SSSR count). The summed E-state index contributed by atoms with van der Waals surface area (Å²) in [6.07, 6.45) is 10.6. The Hall–Kier alpha value is -0.140. The van der Waals surface area contributed by atoms with Crippen molar-refractivity contribution in [1.82, 2.24) is 4.72 Å². The van der Waals surface area contributed by atoms with E-state index in [1.807, 2.05) is 0 Å². The first-order valence-electron chi connectivity index (χ1n) is 15.2. The third kappa shape index (κ3) is 3.82. The number of alkyl halides is 1. The van der Waals surface area contributed by atoms with Gasteiger partial charge in [-0.3, -0.25) is 4.79 Å². The standard InChI is InChI=1S/C31H52BrNO4S/c1-18(2)19-11-14-31(26(34)35)16-15-29(6)20(24(19)31)9-10-23-28(5)17-21(32)25(33-38(8,36)37)27(3,4)22(28)12-13-30(23,29)7/h18-25,33H,9-17H2,1-8H3,(H,34,35)/t19-,20+,21?,22-,23?,24?,25-,28-,29+,30+,31?/m0/s1. The van der Waals surface area contributed by atoms with E-state index < -0.39 is 21.4 Å². The van der Waals surface area contributed by atoms with Crippen LogP contribution in [0, 0.1) is 62.6 Å². The van der Waals surface area contributed by atoms with Crippen LogP contribution in [-0.4, -0.2) is 36.6 Å². The van der Waals surface area contributed by atoms with Gasteiger partial charge in [-0.2, -0.15) is 0 Å². The molecule has 0 aromatic carbocycles. The van der Waals surface area contributed by atoms with E-state index in [0.29, 0.717) is 29.6 Å². The number of carboxylic acid groups (broad SMARTS) is 1. The Labute approximate surface area is 240 Å². The molecule has 0 saturated heterocycles. The second-order valence-electron chi connectivity index (χ2n) is 16.0. The van der Waals surface area contributed by atoms with Crippen molar-refractivity contribution in [2.24, 2.45) is 62.6 Å². The minimum Gasteiger partial charge on any atom is -0.481 e. The minimum absolute atomic E-state index is 0.0903. The van der Waals surface area contributed by atoms with Crippen LogP contribution in [0.25, 0.3) is 0 Å². The van der Waals surface area contributed by atoms with Crippen molar-refractivity contribution in [1.29, 1.82) is 0 Å². The fourth-order valence-electron chi connectivity index (χ4n) is 12.3. The van der Waals surface area contributed by atoms with E-state index in [-0.39, 0.29) is 38.4 Å². The molecule has 7 heteroatoms. The fraction of sp³-hybridized carbons (Fsp3) is 0.968. The van der Waals surface area contributed by atoms with E-state index in [0.717, 1.165) is 51.4 Å². The predicted octanol–water partition coefficient (Wildman–Crippen LogP) is 7.10. The zero-order valence-electron chi connectivity index (χ0n) is 24.9. The van der Waals surface area contributed by atoms with E-state index in [2.05, 4.69) is 69.1 Å². The summed E-state index contributed by atoms with van der Waals surface area (Å²) in [5.41, 5.74) is -0.276. The van der Waals surface area contributed by atoms with Crippen LogP contribution in [0.3, 0.4) is 0 Å². The zero-order valence-corrected chi connectivity index (χ0v) is 27.3. The Balaban J connectivity index is 1.53. The molecule has 0 aromatic rings. The fourth-order valence-corrected chi connectivity index (χ4v) is 14.9. The lowest BCUT2D eigenvalue weighted by Crippen LogP contribution is -2.69. The van der Waals surface area contributed by atoms with Crippen LogP contribution in [0.4, 0.5) is 0 Å². The van der Waals surface area contributed by atoms with Gasteiger partial charge in [-0.25, -0.2) is 13.1 Å². The van der Waals surface area contributed by atoms with Crippen LogP contribution < -0.4 is 4.72 Å². The van der Waals surface area contributed by atoms with E-state index >= 15 is 0 Å². The Bertz CT molecular complexity index is 1090. The van der Waals surface area contributed by atoms with Gasteiger partial charge in [-0.15, -0.1) is 0 Å². The monoisotopic (exact) mass is 613 g/mol. The topological polar surface area (TPSA) is 83.5 Å². The normalized spacial score (nSPS) is 52.0. The molecule has 0 heterocycles. The summed E-state index contributed by atoms with van der Waals surface area (Å²) in [6, 6.07) is -0.122. The molecular formula is C31H52BrNO4S. The lowest BCUT2D eigenvalue weighted by molar-refractivity contribution is -0.240. The highest BCUT2D eigenvalue weighted by atomic mass is 79.9. The molecule has 5 aliphatic carbocycles. The summed E-state index contributed by atoms with van der Waals surface area (Å²) in [5, 5.41) is 10.6. The maximum absolute atomic E-state index is 12.9. The van der Waals surface area contributed by atoms with Gasteiger partial charge in [-0.05, 0) is 115 Å². The minimum atomic E-state index is -3.31. The number of rotatable bonds is 4. The Kier molecular flexibility index (Phi) is 6.90. The van der Waals surface area contributed by atoms with Crippen LogP contribution >= 0.6 is 15.9 Å². The Morgan fingerprint density at radius 3 is 2.16 bits per heavy atom. The van der Waals surface area contributed by atoms with Crippen molar-refractivity contribution in [3.63, 3.8) is 0 Å². The van der Waals surface area contributed by atoms with Crippen molar-refractivity contribution >= 4 is 31.9 Å². The molecule has 0 radical (unpaired) electrons. The summed E-state index contributed by atoms with van der Waals surface area (Å²) in [4.78, 5) is 13.0. The number of carbonyl (C=O) groups is 1. The summed E-state index contributed by atoms with van der Waals surface area (Å²) in [7, 11) is -3.31.